The Hall–Kier alpha value is -1.78. The smallest absolute Gasteiger partial charge is 0.272 e. The molecule has 1 N–H and O–H groups in total. The number of halogens is 2. The van der Waals surface area contributed by atoms with E-state index in [-0.39, 0.29) is 10.6 Å². The number of hydrogen-bond acceptors (Lipinski definition) is 3. The van der Waals surface area contributed by atoms with E-state index in [0.29, 0.717) is 27.8 Å². The number of hydrogen-bond donors (Lipinski definition) is 1. The summed E-state index contributed by atoms with van der Waals surface area (Å²) in [6.07, 6.45) is 0. The van der Waals surface area contributed by atoms with Crippen molar-refractivity contribution in [3.8, 4) is 0 Å². The van der Waals surface area contributed by atoms with Crippen molar-refractivity contribution in [2.24, 2.45) is 0 Å². The second-order valence-electron chi connectivity index (χ2n) is 4.27. The summed E-state index contributed by atoms with van der Waals surface area (Å²) in [6, 6.07) is 10.2. The molecular weight excluding hydrogens is 299 g/mol. The van der Waals surface area contributed by atoms with Crippen LogP contribution in [0.15, 0.2) is 36.4 Å². The summed E-state index contributed by atoms with van der Waals surface area (Å²) in [5.41, 5.74) is 2.19. The lowest BCUT2D eigenvalue weighted by atomic mass is 10.1. The molecule has 0 atom stereocenters. The van der Waals surface area contributed by atoms with Gasteiger partial charge >= 0.3 is 0 Å². The molecule has 0 fully saturated rings. The molecule has 0 aliphatic rings. The molecule has 2 aromatic carbocycles. The number of para-hydroxylation sites is 1. The maximum absolute atomic E-state index is 10.9. The largest absolute Gasteiger partial charge is 0.379 e. The first-order valence-corrected chi connectivity index (χ1v) is 6.67. The first-order valence-electron chi connectivity index (χ1n) is 5.91. The highest BCUT2D eigenvalue weighted by Crippen LogP contribution is 2.31. The Morgan fingerprint density at radius 2 is 1.75 bits per heavy atom. The van der Waals surface area contributed by atoms with E-state index >= 15 is 0 Å². The van der Waals surface area contributed by atoms with Gasteiger partial charge in [0.25, 0.3) is 5.69 Å². The van der Waals surface area contributed by atoms with E-state index in [4.69, 9.17) is 23.2 Å². The van der Waals surface area contributed by atoms with Gasteiger partial charge in [-0.15, -0.1) is 0 Å². The Bertz CT molecular complexity index is 639. The molecule has 20 heavy (non-hydrogen) atoms. The molecule has 0 saturated carbocycles. The second-order valence-corrected chi connectivity index (χ2v) is 5.08. The van der Waals surface area contributed by atoms with Crippen molar-refractivity contribution in [1.82, 2.24) is 0 Å². The van der Waals surface area contributed by atoms with E-state index in [0.717, 1.165) is 5.56 Å². The Morgan fingerprint density at radius 3 is 2.35 bits per heavy atom. The fourth-order valence-electron chi connectivity index (χ4n) is 1.91. The summed E-state index contributed by atoms with van der Waals surface area (Å²) >= 11 is 12.1. The average molecular weight is 311 g/mol. The van der Waals surface area contributed by atoms with Crippen LogP contribution in [0.1, 0.15) is 11.1 Å². The molecule has 2 aromatic rings. The zero-order valence-electron chi connectivity index (χ0n) is 10.7. The lowest BCUT2D eigenvalue weighted by Crippen LogP contribution is -2.04. The third-order valence-corrected chi connectivity index (χ3v) is 3.66. The minimum Gasteiger partial charge on any atom is -0.379 e. The summed E-state index contributed by atoms with van der Waals surface area (Å²) in [7, 11) is 0. The first kappa shape index (κ1) is 14.6. The van der Waals surface area contributed by atoms with Crippen LogP contribution in [0.3, 0.4) is 0 Å². The number of rotatable bonds is 4. The van der Waals surface area contributed by atoms with Gasteiger partial charge in [-0.3, -0.25) is 10.1 Å². The summed E-state index contributed by atoms with van der Waals surface area (Å²) in [5.74, 6) is 0. The SMILES string of the molecule is Cc1c(CNc2c(Cl)cccc2Cl)cccc1[N+](=O)[O-]. The number of nitrogens with one attached hydrogen (secondary N) is 1. The molecule has 0 unspecified atom stereocenters. The van der Waals surface area contributed by atoms with Crippen molar-refractivity contribution < 1.29 is 4.92 Å². The predicted octanol–water partition coefficient (Wildman–Crippen LogP) is 4.82. The first-order chi connectivity index (χ1) is 9.50. The molecule has 0 spiro atoms. The normalized spacial score (nSPS) is 10.3. The summed E-state index contributed by atoms with van der Waals surface area (Å²) in [5, 5.41) is 15.0. The zero-order chi connectivity index (χ0) is 14.7. The summed E-state index contributed by atoms with van der Waals surface area (Å²) in [6.45, 7) is 2.14. The maximum Gasteiger partial charge on any atom is 0.272 e. The van der Waals surface area contributed by atoms with Crippen molar-refractivity contribution in [3.63, 3.8) is 0 Å². The lowest BCUT2D eigenvalue weighted by Gasteiger charge is -2.12. The van der Waals surface area contributed by atoms with E-state index in [1.54, 1.807) is 31.2 Å². The minimum atomic E-state index is -0.388. The fourth-order valence-corrected chi connectivity index (χ4v) is 2.44. The third kappa shape index (κ3) is 3.03. The van der Waals surface area contributed by atoms with Gasteiger partial charge in [-0.1, -0.05) is 41.4 Å². The summed E-state index contributed by atoms with van der Waals surface area (Å²) in [4.78, 5) is 10.5. The van der Waals surface area contributed by atoms with Gasteiger partial charge in [0.1, 0.15) is 0 Å². The van der Waals surface area contributed by atoms with Gasteiger partial charge in [0.05, 0.1) is 20.7 Å². The van der Waals surface area contributed by atoms with Crippen molar-refractivity contribution in [1.29, 1.82) is 0 Å². The monoisotopic (exact) mass is 310 g/mol. The van der Waals surface area contributed by atoms with E-state index in [1.165, 1.54) is 6.07 Å². The van der Waals surface area contributed by atoms with Gasteiger partial charge < -0.3 is 5.32 Å². The Kier molecular flexibility index (Phi) is 4.47. The Labute approximate surface area is 126 Å². The van der Waals surface area contributed by atoms with Crippen LogP contribution < -0.4 is 5.32 Å². The van der Waals surface area contributed by atoms with E-state index < -0.39 is 0 Å². The quantitative estimate of drug-likeness (QED) is 0.650. The van der Waals surface area contributed by atoms with Gasteiger partial charge in [-0.05, 0) is 24.6 Å². The molecule has 2 rings (SSSR count). The standard InChI is InChI=1S/C14H12Cl2N2O2/c1-9-10(4-2-7-13(9)18(19)20)8-17-14-11(15)5-3-6-12(14)16/h2-7,17H,8H2,1H3. The average Bonchev–Trinajstić information content (AvgIpc) is 2.39. The molecular formula is C14H12Cl2N2O2. The molecule has 6 heteroatoms. The molecule has 0 aliphatic heterocycles. The zero-order valence-corrected chi connectivity index (χ0v) is 12.2. The van der Waals surface area contributed by atoms with Crippen molar-refractivity contribution >= 4 is 34.6 Å². The van der Waals surface area contributed by atoms with Gasteiger partial charge in [-0.2, -0.15) is 0 Å². The third-order valence-electron chi connectivity index (χ3n) is 3.03. The second kappa shape index (κ2) is 6.11. The molecule has 0 amide bonds. The van der Waals surface area contributed by atoms with Crippen molar-refractivity contribution in [3.05, 3.63) is 67.7 Å². The Morgan fingerprint density at radius 1 is 1.15 bits per heavy atom. The van der Waals surface area contributed by atoms with E-state index in [1.807, 2.05) is 6.07 Å². The predicted molar refractivity (Wildman–Crippen MR) is 81.6 cm³/mol. The molecule has 0 aromatic heterocycles. The van der Waals surface area contributed by atoms with Crippen LogP contribution in [-0.4, -0.2) is 4.92 Å². The Balaban J connectivity index is 2.24. The lowest BCUT2D eigenvalue weighted by molar-refractivity contribution is -0.385. The number of anilines is 1. The van der Waals surface area contributed by atoms with Crippen molar-refractivity contribution in [2.75, 3.05) is 5.32 Å². The number of benzene rings is 2. The van der Waals surface area contributed by atoms with Gasteiger partial charge in [-0.25, -0.2) is 0 Å². The van der Waals surface area contributed by atoms with E-state index in [9.17, 15) is 10.1 Å². The molecule has 0 radical (unpaired) electrons. The molecule has 0 heterocycles. The van der Waals surface area contributed by atoms with E-state index in [2.05, 4.69) is 5.32 Å². The molecule has 0 aliphatic carbocycles. The highest BCUT2D eigenvalue weighted by atomic mass is 35.5. The van der Waals surface area contributed by atoms with Crippen LogP contribution in [-0.2, 0) is 6.54 Å². The van der Waals surface area contributed by atoms with Crippen LogP contribution in [0.25, 0.3) is 0 Å². The number of nitro groups is 1. The van der Waals surface area contributed by atoms with Crippen LogP contribution in [0.2, 0.25) is 10.0 Å². The molecule has 0 saturated heterocycles. The van der Waals surface area contributed by atoms with Crippen molar-refractivity contribution in [2.45, 2.75) is 13.5 Å². The number of nitrogens with zero attached hydrogens (tertiary/aromatic N) is 1. The van der Waals surface area contributed by atoms with Crippen LogP contribution >= 0.6 is 23.2 Å². The molecule has 104 valence electrons. The van der Waals surface area contributed by atoms with Crippen LogP contribution in [0.5, 0.6) is 0 Å². The number of nitro benzene ring substituents is 1. The van der Waals surface area contributed by atoms with Gasteiger partial charge in [0.2, 0.25) is 0 Å². The van der Waals surface area contributed by atoms with Crippen LogP contribution in [0, 0.1) is 17.0 Å². The maximum atomic E-state index is 10.9. The summed E-state index contributed by atoms with van der Waals surface area (Å²) < 4.78 is 0. The van der Waals surface area contributed by atoms with Gasteiger partial charge in [0.15, 0.2) is 0 Å². The minimum absolute atomic E-state index is 0.106. The van der Waals surface area contributed by atoms with Gasteiger partial charge in [0, 0.05) is 18.2 Å². The van der Waals surface area contributed by atoms with Crippen LogP contribution in [0.4, 0.5) is 11.4 Å². The molecule has 0 bridgehead atoms. The topological polar surface area (TPSA) is 55.2 Å². The highest BCUT2D eigenvalue weighted by Gasteiger charge is 2.13. The highest BCUT2D eigenvalue weighted by molar-refractivity contribution is 6.39. The fraction of sp³-hybridized carbons (Fsp3) is 0.143. The molecule has 4 nitrogen and oxygen atoms in total.